The smallest absolute Gasteiger partial charge is 0.258 e. The van der Waals surface area contributed by atoms with E-state index in [-0.39, 0.29) is 5.91 Å². The van der Waals surface area contributed by atoms with Crippen molar-refractivity contribution in [3.63, 3.8) is 0 Å². The molecule has 0 fully saturated rings. The van der Waals surface area contributed by atoms with Crippen LogP contribution in [0.1, 0.15) is 15.9 Å². The zero-order valence-corrected chi connectivity index (χ0v) is 14.9. The number of carbonyl (C=O) groups is 1. The van der Waals surface area contributed by atoms with Crippen LogP contribution in [0.5, 0.6) is 0 Å². The maximum atomic E-state index is 13.4. The molecule has 4 nitrogen and oxygen atoms in total. The molecule has 0 spiro atoms. The summed E-state index contributed by atoms with van der Waals surface area (Å²) >= 11 is 0. The van der Waals surface area contributed by atoms with Gasteiger partial charge in [0.15, 0.2) is 5.58 Å². The molecule has 0 saturated heterocycles. The molecule has 0 aliphatic carbocycles. The number of nitrogens with zero attached hydrogens (tertiary/aromatic N) is 2. The highest BCUT2D eigenvalue weighted by Gasteiger charge is 2.15. The van der Waals surface area contributed by atoms with Crippen LogP contribution in [0.4, 0.5) is 10.1 Å². The van der Waals surface area contributed by atoms with Crippen LogP contribution in [-0.4, -0.2) is 17.9 Å². The predicted molar refractivity (Wildman–Crippen MR) is 103 cm³/mol. The Morgan fingerprint density at radius 3 is 2.48 bits per heavy atom. The molecule has 0 unspecified atom stereocenters. The highest BCUT2D eigenvalue weighted by molar-refractivity contribution is 6.05. The quantitative estimate of drug-likeness (QED) is 0.503. The Hall–Kier alpha value is -3.47. The zero-order chi connectivity index (χ0) is 19.0. The molecule has 4 aromatic rings. The first-order valence-corrected chi connectivity index (χ1v) is 8.53. The van der Waals surface area contributed by atoms with Gasteiger partial charge in [0.2, 0.25) is 5.89 Å². The van der Waals surface area contributed by atoms with Gasteiger partial charge in [-0.2, -0.15) is 0 Å². The van der Waals surface area contributed by atoms with Crippen molar-refractivity contribution in [2.24, 2.45) is 0 Å². The number of hydrogen-bond acceptors (Lipinski definition) is 3. The van der Waals surface area contributed by atoms with Gasteiger partial charge in [-0.15, -0.1) is 0 Å². The molecule has 0 radical (unpaired) electrons. The van der Waals surface area contributed by atoms with Crippen LogP contribution in [0.2, 0.25) is 0 Å². The summed E-state index contributed by atoms with van der Waals surface area (Å²) in [7, 11) is 1.66. The van der Waals surface area contributed by atoms with Crippen LogP contribution < -0.4 is 4.90 Å². The van der Waals surface area contributed by atoms with Gasteiger partial charge in [0, 0.05) is 23.9 Å². The molecule has 1 heterocycles. The van der Waals surface area contributed by atoms with Gasteiger partial charge in [0.1, 0.15) is 11.3 Å². The fraction of sp³-hybridized carbons (Fsp3) is 0.0909. The van der Waals surface area contributed by atoms with Crippen molar-refractivity contribution >= 4 is 22.7 Å². The maximum absolute atomic E-state index is 13.4. The summed E-state index contributed by atoms with van der Waals surface area (Å²) in [5, 5.41) is 0. The Bertz CT molecular complexity index is 1130. The standard InChI is InChI=1S/C22H17FN2O2/c1-14-5-3-8-19-20(14)27-21(24-19)15-9-11-18(12-10-15)25(2)22(26)16-6-4-7-17(23)13-16/h3-13H,1-2H3. The molecule has 134 valence electrons. The van der Waals surface area contributed by atoms with E-state index in [1.54, 1.807) is 13.1 Å². The first-order valence-electron chi connectivity index (χ1n) is 8.53. The Kier molecular flexibility index (Phi) is 4.20. The summed E-state index contributed by atoms with van der Waals surface area (Å²) in [5.74, 6) is -0.180. The van der Waals surface area contributed by atoms with E-state index < -0.39 is 5.82 Å². The number of aryl methyl sites for hydroxylation is 1. The number of para-hydroxylation sites is 1. The van der Waals surface area contributed by atoms with Gasteiger partial charge in [0.25, 0.3) is 5.91 Å². The molecule has 5 heteroatoms. The van der Waals surface area contributed by atoms with Crippen molar-refractivity contribution in [3.05, 3.63) is 83.7 Å². The number of benzene rings is 3. The van der Waals surface area contributed by atoms with Gasteiger partial charge in [-0.25, -0.2) is 9.37 Å². The third-order valence-corrected chi connectivity index (χ3v) is 4.49. The summed E-state index contributed by atoms with van der Waals surface area (Å²) in [6, 6.07) is 18.8. The molecule has 0 saturated carbocycles. The molecule has 0 aliphatic heterocycles. The van der Waals surface area contributed by atoms with Crippen molar-refractivity contribution in [2.45, 2.75) is 6.92 Å². The monoisotopic (exact) mass is 360 g/mol. The molecular formula is C22H17FN2O2. The van der Waals surface area contributed by atoms with Crippen LogP contribution in [0, 0.1) is 12.7 Å². The molecule has 0 atom stereocenters. The third-order valence-electron chi connectivity index (χ3n) is 4.49. The van der Waals surface area contributed by atoms with E-state index in [0.29, 0.717) is 17.1 Å². The number of aromatic nitrogens is 1. The first kappa shape index (κ1) is 17.0. The van der Waals surface area contributed by atoms with E-state index in [1.807, 2.05) is 49.4 Å². The van der Waals surface area contributed by atoms with Crippen LogP contribution in [-0.2, 0) is 0 Å². The van der Waals surface area contributed by atoms with Gasteiger partial charge < -0.3 is 9.32 Å². The van der Waals surface area contributed by atoms with Gasteiger partial charge >= 0.3 is 0 Å². The Morgan fingerprint density at radius 1 is 1.04 bits per heavy atom. The van der Waals surface area contributed by atoms with E-state index >= 15 is 0 Å². The van der Waals surface area contributed by atoms with Crippen molar-refractivity contribution in [1.29, 1.82) is 0 Å². The topological polar surface area (TPSA) is 46.3 Å². The second-order valence-electron chi connectivity index (χ2n) is 6.36. The molecule has 0 N–H and O–H groups in total. The lowest BCUT2D eigenvalue weighted by atomic mass is 10.1. The molecule has 0 bridgehead atoms. The normalized spacial score (nSPS) is 10.9. The number of hydrogen-bond donors (Lipinski definition) is 0. The minimum absolute atomic E-state index is 0.278. The fourth-order valence-electron chi connectivity index (χ4n) is 2.97. The lowest BCUT2D eigenvalue weighted by molar-refractivity contribution is 0.0992. The van der Waals surface area contributed by atoms with Crippen LogP contribution >= 0.6 is 0 Å². The minimum atomic E-state index is -0.434. The number of amides is 1. The number of fused-ring (bicyclic) bond motifs is 1. The van der Waals surface area contributed by atoms with E-state index in [9.17, 15) is 9.18 Å². The minimum Gasteiger partial charge on any atom is -0.436 e. The second-order valence-corrected chi connectivity index (χ2v) is 6.36. The number of carbonyl (C=O) groups excluding carboxylic acids is 1. The van der Waals surface area contributed by atoms with E-state index in [0.717, 1.165) is 22.2 Å². The van der Waals surface area contributed by atoms with Gasteiger partial charge in [-0.1, -0.05) is 18.2 Å². The number of oxazole rings is 1. The van der Waals surface area contributed by atoms with Crippen molar-refractivity contribution in [1.82, 2.24) is 4.98 Å². The predicted octanol–water partition coefficient (Wildman–Crippen LogP) is 5.22. The zero-order valence-electron chi connectivity index (χ0n) is 14.9. The van der Waals surface area contributed by atoms with Crippen molar-refractivity contribution < 1.29 is 13.6 Å². The molecule has 0 aliphatic rings. The highest BCUT2D eigenvalue weighted by Crippen LogP contribution is 2.28. The Morgan fingerprint density at radius 2 is 1.78 bits per heavy atom. The average Bonchev–Trinajstić information content (AvgIpc) is 3.13. The second kappa shape index (κ2) is 6.68. The molecule has 3 aromatic carbocycles. The molecule has 1 aromatic heterocycles. The summed E-state index contributed by atoms with van der Waals surface area (Å²) in [6.07, 6.45) is 0. The maximum Gasteiger partial charge on any atom is 0.258 e. The average molecular weight is 360 g/mol. The summed E-state index contributed by atoms with van der Waals surface area (Å²) < 4.78 is 19.2. The summed E-state index contributed by atoms with van der Waals surface area (Å²) in [5.41, 5.74) is 4.43. The van der Waals surface area contributed by atoms with Gasteiger partial charge in [0.05, 0.1) is 0 Å². The van der Waals surface area contributed by atoms with E-state index in [2.05, 4.69) is 4.98 Å². The van der Waals surface area contributed by atoms with Crippen molar-refractivity contribution in [3.8, 4) is 11.5 Å². The number of rotatable bonds is 3. The van der Waals surface area contributed by atoms with E-state index in [1.165, 1.54) is 23.1 Å². The molecular weight excluding hydrogens is 343 g/mol. The van der Waals surface area contributed by atoms with Crippen LogP contribution in [0.15, 0.2) is 71.1 Å². The summed E-state index contributed by atoms with van der Waals surface area (Å²) in [4.78, 5) is 18.5. The first-order chi connectivity index (χ1) is 13.0. The van der Waals surface area contributed by atoms with Crippen LogP contribution in [0.3, 0.4) is 0 Å². The Labute approximate surface area is 155 Å². The highest BCUT2D eigenvalue weighted by atomic mass is 19.1. The van der Waals surface area contributed by atoms with Crippen LogP contribution in [0.25, 0.3) is 22.6 Å². The largest absolute Gasteiger partial charge is 0.436 e. The molecule has 4 rings (SSSR count). The molecule has 27 heavy (non-hydrogen) atoms. The van der Waals surface area contributed by atoms with Gasteiger partial charge in [-0.05, 0) is 61.0 Å². The Balaban J connectivity index is 1.61. The fourth-order valence-corrected chi connectivity index (χ4v) is 2.97. The van der Waals surface area contributed by atoms with E-state index in [4.69, 9.17) is 4.42 Å². The SMILES string of the molecule is Cc1cccc2nc(-c3ccc(N(C)C(=O)c4cccc(F)c4)cc3)oc12. The van der Waals surface area contributed by atoms with Crippen molar-refractivity contribution in [2.75, 3.05) is 11.9 Å². The summed E-state index contributed by atoms with van der Waals surface area (Å²) in [6.45, 7) is 1.98. The van der Waals surface area contributed by atoms with Gasteiger partial charge in [-0.3, -0.25) is 4.79 Å². The number of anilines is 1. The lowest BCUT2D eigenvalue weighted by Crippen LogP contribution is -2.26. The third kappa shape index (κ3) is 3.19. The number of halogens is 1. The lowest BCUT2D eigenvalue weighted by Gasteiger charge is -2.17. The molecule has 1 amide bonds.